The molecular formula is C27H34ClN5O2. The number of nitrogens with zero attached hydrogens (tertiary/aromatic N) is 2. The first-order valence-corrected chi connectivity index (χ1v) is 12.3. The van der Waals surface area contributed by atoms with Crippen LogP contribution in [0.25, 0.3) is 6.08 Å². The maximum absolute atomic E-state index is 11.6. The van der Waals surface area contributed by atoms with Crippen molar-refractivity contribution in [3.63, 3.8) is 0 Å². The van der Waals surface area contributed by atoms with Gasteiger partial charge in [0.2, 0.25) is 0 Å². The molecule has 2 aromatic carbocycles. The van der Waals surface area contributed by atoms with E-state index in [4.69, 9.17) is 21.7 Å². The Bertz CT molecular complexity index is 1100. The minimum Gasteiger partial charge on any atom is -0.490 e. The molecule has 8 heteroatoms. The number of anilines is 2. The van der Waals surface area contributed by atoms with E-state index in [2.05, 4.69) is 15.5 Å². The van der Waals surface area contributed by atoms with E-state index in [-0.39, 0.29) is 6.10 Å². The molecule has 0 aromatic heterocycles. The van der Waals surface area contributed by atoms with Gasteiger partial charge in [0.1, 0.15) is 5.75 Å². The van der Waals surface area contributed by atoms with Crippen LogP contribution in [-0.4, -0.2) is 75.7 Å². The van der Waals surface area contributed by atoms with Crippen molar-refractivity contribution in [1.82, 2.24) is 9.80 Å². The van der Waals surface area contributed by atoms with Crippen molar-refractivity contribution in [3.8, 4) is 5.75 Å². The number of aldehydes is 1. The Labute approximate surface area is 212 Å². The Morgan fingerprint density at radius 2 is 2.00 bits per heavy atom. The van der Waals surface area contributed by atoms with E-state index < -0.39 is 0 Å². The molecule has 1 aliphatic heterocycles. The fraction of sp³-hybridized carbons (Fsp3) is 0.407. The summed E-state index contributed by atoms with van der Waals surface area (Å²) in [5.41, 5.74) is 4.45. The fourth-order valence-electron chi connectivity index (χ4n) is 5.06. The minimum atomic E-state index is 0.162. The van der Waals surface area contributed by atoms with Gasteiger partial charge >= 0.3 is 0 Å². The predicted octanol–water partition coefficient (Wildman–Crippen LogP) is 4.68. The first-order chi connectivity index (χ1) is 16.9. The lowest BCUT2D eigenvalue weighted by Crippen LogP contribution is -2.65. The zero-order valence-electron chi connectivity index (χ0n) is 20.6. The van der Waals surface area contributed by atoms with Crippen LogP contribution in [0.15, 0.2) is 36.5 Å². The highest BCUT2D eigenvalue weighted by Crippen LogP contribution is 2.50. The van der Waals surface area contributed by atoms with Gasteiger partial charge in [0.05, 0.1) is 11.1 Å². The number of hydrogen-bond donors (Lipinski definition) is 3. The molecule has 1 saturated heterocycles. The lowest BCUT2D eigenvalue weighted by molar-refractivity contribution is -0.117. The SMILES string of the molecule is CNc1cc(NCCN2CC3(CC(Oc4ccc(Cl)c(C=O)c4/C=C\N(C)C)C3)C2)ccc1C=N. The zero-order valence-corrected chi connectivity index (χ0v) is 21.4. The smallest absolute Gasteiger partial charge is 0.152 e. The first kappa shape index (κ1) is 25.1. The van der Waals surface area contributed by atoms with Crippen LogP contribution in [0.1, 0.15) is 34.3 Å². The number of nitrogens with one attached hydrogen (secondary N) is 3. The second-order valence-corrected chi connectivity index (χ2v) is 10.2. The van der Waals surface area contributed by atoms with Crippen LogP contribution in [0.4, 0.5) is 11.4 Å². The van der Waals surface area contributed by atoms with Crippen LogP contribution in [0.3, 0.4) is 0 Å². The van der Waals surface area contributed by atoms with Crippen molar-refractivity contribution < 1.29 is 9.53 Å². The standard InChI is InChI=1S/C27H34ClN5O2/c1-30-25-12-20(5-4-19(25)15-29)31-9-11-33-17-27(18-33)13-21(14-27)35-26-7-6-24(28)23(16-34)22(26)8-10-32(2)3/h4-8,10,12,15-16,21,29-31H,9,11,13-14,17-18H2,1-3H3/b10-8-,29-15?. The molecular weight excluding hydrogens is 462 g/mol. The monoisotopic (exact) mass is 495 g/mol. The van der Waals surface area contributed by atoms with Gasteiger partial charge in [0.15, 0.2) is 6.29 Å². The second-order valence-electron chi connectivity index (χ2n) is 9.75. The van der Waals surface area contributed by atoms with Gasteiger partial charge < -0.3 is 30.6 Å². The first-order valence-electron chi connectivity index (χ1n) is 11.9. The molecule has 2 fully saturated rings. The Hall–Kier alpha value is -3.03. The third kappa shape index (κ3) is 5.63. The average Bonchev–Trinajstić information content (AvgIpc) is 2.80. The molecule has 1 aliphatic carbocycles. The van der Waals surface area contributed by atoms with Gasteiger partial charge in [0, 0.05) is 87.0 Å². The molecule has 0 unspecified atom stereocenters. The van der Waals surface area contributed by atoms with Crippen molar-refractivity contribution >= 4 is 41.6 Å². The molecule has 0 bridgehead atoms. The Kier molecular flexibility index (Phi) is 7.67. The maximum atomic E-state index is 11.6. The predicted molar refractivity (Wildman–Crippen MR) is 144 cm³/mol. The minimum absolute atomic E-state index is 0.162. The molecule has 1 heterocycles. The van der Waals surface area contributed by atoms with Gasteiger partial charge in [-0.3, -0.25) is 4.79 Å². The van der Waals surface area contributed by atoms with Crippen LogP contribution >= 0.6 is 11.6 Å². The van der Waals surface area contributed by atoms with E-state index in [0.717, 1.165) is 67.8 Å². The molecule has 0 atom stereocenters. The third-order valence-electron chi connectivity index (χ3n) is 6.82. The molecule has 2 aliphatic rings. The topological polar surface area (TPSA) is 80.7 Å². The van der Waals surface area contributed by atoms with Gasteiger partial charge in [-0.2, -0.15) is 0 Å². The average molecular weight is 496 g/mol. The van der Waals surface area contributed by atoms with Gasteiger partial charge in [-0.05, 0) is 55.4 Å². The van der Waals surface area contributed by atoms with E-state index in [1.807, 2.05) is 62.6 Å². The highest BCUT2D eigenvalue weighted by molar-refractivity contribution is 6.33. The number of carbonyl (C=O) groups excluding carboxylic acids is 1. The van der Waals surface area contributed by atoms with Gasteiger partial charge in [-0.25, -0.2) is 0 Å². The lowest BCUT2D eigenvalue weighted by atomic mass is 9.61. The number of likely N-dealkylation sites (tertiary alicyclic amines) is 1. The summed E-state index contributed by atoms with van der Waals surface area (Å²) in [4.78, 5) is 16.0. The van der Waals surface area contributed by atoms with Crippen LogP contribution < -0.4 is 15.4 Å². The largest absolute Gasteiger partial charge is 0.490 e. The lowest BCUT2D eigenvalue weighted by Gasteiger charge is -2.58. The quantitative estimate of drug-likeness (QED) is 0.310. The number of carbonyl (C=O) groups is 1. The Morgan fingerprint density at radius 3 is 2.66 bits per heavy atom. The molecule has 7 nitrogen and oxygen atoms in total. The normalized spacial score (nSPS) is 17.0. The highest BCUT2D eigenvalue weighted by atomic mass is 35.5. The fourth-order valence-corrected chi connectivity index (χ4v) is 5.27. The van der Waals surface area contributed by atoms with Crippen molar-refractivity contribution in [2.75, 3.05) is 58.0 Å². The van der Waals surface area contributed by atoms with Crippen molar-refractivity contribution in [2.45, 2.75) is 18.9 Å². The van der Waals surface area contributed by atoms with Gasteiger partial charge in [0.25, 0.3) is 0 Å². The van der Waals surface area contributed by atoms with Crippen LogP contribution in [0.5, 0.6) is 5.75 Å². The summed E-state index contributed by atoms with van der Waals surface area (Å²) in [5.74, 6) is 0.713. The van der Waals surface area contributed by atoms with Gasteiger partial charge in [-0.1, -0.05) is 11.6 Å². The number of ether oxygens (including phenoxy) is 1. The Morgan fingerprint density at radius 1 is 1.23 bits per heavy atom. The summed E-state index contributed by atoms with van der Waals surface area (Å²) < 4.78 is 6.32. The third-order valence-corrected chi connectivity index (χ3v) is 7.15. The van der Waals surface area contributed by atoms with Crippen molar-refractivity contribution in [1.29, 1.82) is 5.41 Å². The van der Waals surface area contributed by atoms with Crippen LogP contribution in [0, 0.1) is 10.8 Å². The molecule has 4 rings (SSSR count). The number of hydrogen-bond acceptors (Lipinski definition) is 7. The second kappa shape index (κ2) is 10.7. The van der Waals surface area contributed by atoms with E-state index in [0.29, 0.717) is 21.8 Å². The number of halogens is 1. The summed E-state index contributed by atoms with van der Waals surface area (Å²) in [7, 11) is 5.74. The molecule has 0 amide bonds. The molecule has 1 spiro atoms. The Balaban J connectivity index is 1.25. The van der Waals surface area contributed by atoms with E-state index in [1.54, 1.807) is 6.07 Å². The van der Waals surface area contributed by atoms with Crippen molar-refractivity contribution in [2.24, 2.45) is 5.41 Å². The molecule has 35 heavy (non-hydrogen) atoms. The summed E-state index contributed by atoms with van der Waals surface area (Å²) in [5, 5.41) is 14.5. The summed E-state index contributed by atoms with van der Waals surface area (Å²) in [6.45, 7) is 4.06. The number of benzene rings is 2. The van der Waals surface area contributed by atoms with Crippen molar-refractivity contribution in [3.05, 3.63) is 58.2 Å². The molecule has 1 saturated carbocycles. The number of rotatable bonds is 11. The molecule has 3 N–H and O–H groups in total. The maximum Gasteiger partial charge on any atom is 0.152 e. The van der Waals surface area contributed by atoms with E-state index in [9.17, 15) is 4.79 Å². The van der Waals surface area contributed by atoms with Crippen LogP contribution in [0.2, 0.25) is 5.02 Å². The summed E-state index contributed by atoms with van der Waals surface area (Å²) in [6, 6.07) is 9.61. The summed E-state index contributed by atoms with van der Waals surface area (Å²) >= 11 is 6.25. The summed E-state index contributed by atoms with van der Waals surface area (Å²) in [6.07, 6.45) is 8.16. The molecule has 186 valence electrons. The van der Waals surface area contributed by atoms with E-state index >= 15 is 0 Å². The molecule has 2 aromatic rings. The zero-order chi connectivity index (χ0) is 25.0. The van der Waals surface area contributed by atoms with Gasteiger partial charge in [-0.15, -0.1) is 0 Å². The van der Waals surface area contributed by atoms with E-state index in [1.165, 1.54) is 6.21 Å². The highest BCUT2D eigenvalue weighted by Gasteiger charge is 2.53. The molecule has 0 radical (unpaired) electrons. The van der Waals surface area contributed by atoms with Crippen LogP contribution in [-0.2, 0) is 0 Å².